The number of aromatic hydroxyl groups is 1. The third-order valence-corrected chi connectivity index (χ3v) is 4.40. The second-order valence-electron chi connectivity index (χ2n) is 4.59. The predicted molar refractivity (Wildman–Crippen MR) is 94.5 cm³/mol. The van der Waals surface area contributed by atoms with E-state index in [0.717, 1.165) is 10.0 Å². The topological polar surface area (TPSA) is 55.8 Å². The molecule has 2 aromatic rings. The third-order valence-electron chi connectivity index (χ3n) is 3.12. The number of phenolic OH excluding ortho intramolecular Hbond substituents is 1. The van der Waals surface area contributed by atoms with Gasteiger partial charge in [0, 0.05) is 4.47 Å². The summed E-state index contributed by atoms with van der Waals surface area (Å²) in [4.78, 5) is 12.3. The highest BCUT2D eigenvalue weighted by Gasteiger charge is 2.14. The van der Waals surface area contributed by atoms with Crippen molar-refractivity contribution in [2.75, 3.05) is 6.79 Å². The Morgan fingerprint density at radius 1 is 1.23 bits per heavy atom. The highest BCUT2D eigenvalue weighted by molar-refractivity contribution is 14.1. The number of allylic oxidation sites excluding steroid dienone is 1. The molecule has 0 atom stereocenters. The van der Waals surface area contributed by atoms with Gasteiger partial charge in [-0.2, -0.15) is 0 Å². The van der Waals surface area contributed by atoms with E-state index in [1.165, 1.54) is 6.08 Å². The smallest absolute Gasteiger partial charge is 0.231 e. The summed E-state index contributed by atoms with van der Waals surface area (Å²) in [5.74, 6) is 1.08. The largest absolute Gasteiger partial charge is 0.506 e. The van der Waals surface area contributed by atoms with Crippen molar-refractivity contribution < 1.29 is 19.4 Å². The second kappa shape index (κ2) is 6.29. The molecule has 4 nitrogen and oxygen atoms in total. The Hall–Kier alpha value is -1.54. The normalized spacial score (nSPS) is 12.8. The molecule has 0 radical (unpaired) electrons. The average Bonchev–Trinajstić information content (AvgIpc) is 2.96. The van der Waals surface area contributed by atoms with Gasteiger partial charge in [0.25, 0.3) is 0 Å². The van der Waals surface area contributed by atoms with Crippen molar-refractivity contribution in [3.63, 3.8) is 0 Å². The quantitative estimate of drug-likeness (QED) is 0.409. The monoisotopic (exact) mass is 472 g/mol. The maximum atomic E-state index is 12.3. The van der Waals surface area contributed by atoms with Gasteiger partial charge in [0.2, 0.25) is 6.79 Å². The highest BCUT2D eigenvalue weighted by atomic mass is 127. The molecule has 0 aromatic heterocycles. The number of phenols is 1. The molecular formula is C16H10BrIO4. The molecule has 0 amide bonds. The molecule has 0 saturated heterocycles. The van der Waals surface area contributed by atoms with Crippen LogP contribution in [0.15, 0.2) is 40.9 Å². The Kier molecular flexibility index (Phi) is 4.39. The number of ether oxygens (including phenoxy) is 2. The molecule has 112 valence electrons. The lowest BCUT2D eigenvalue weighted by molar-refractivity contribution is 0.104. The van der Waals surface area contributed by atoms with Gasteiger partial charge in [0.05, 0.1) is 9.13 Å². The van der Waals surface area contributed by atoms with Gasteiger partial charge in [0.1, 0.15) is 5.75 Å². The lowest BCUT2D eigenvalue weighted by Gasteiger charge is -2.04. The van der Waals surface area contributed by atoms with Crippen LogP contribution in [0.5, 0.6) is 17.2 Å². The summed E-state index contributed by atoms with van der Waals surface area (Å²) in [6.45, 7) is 0.214. The van der Waals surface area contributed by atoms with E-state index in [1.807, 2.05) is 28.7 Å². The first kappa shape index (κ1) is 15.4. The maximum Gasteiger partial charge on any atom is 0.231 e. The second-order valence-corrected chi connectivity index (χ2v) is 6.67. The minimum absolute atomic E-state index is 0.0101. The van der Waals surface area contributed by atoms with Crippen molar-refractivity contribution in [3.8, 4) is 17.2 Å². The SMILES string of the molecule is O=C(/C=C/c1ccc2c(c1)OCO2)c1cc(Br)cc(I)c1O. The van der Waals surface area contributed by atoms with E-state index >= 15 is 0 Å². The molecule has 3 rings (SSSR count). The van der Waals surface area contributed by atoms with Crippen LogP contribution in [0.2, 0.25) is 0 Å². The van der Waals surface area contributed by atoms with Crippen molar-refractivity contribution in [1.82, 2.24) is 0 Å². The summed E-state index contributed by atoms with van der Waals surface area (Å²) >= 11 is 5.30. The molecule has 0 spiro atoms. The Morgan fingerprint density at radius 3 is 2.82 bits per heavy atom. The molecule has 1 N–H and O–H groups in total. The summed E-state index contributed by atoms with van der Waals surface area (Å²) < 4.78 is 11.9. The van der Waals surface area contributed by atoms with Crippen LogP contribution in [0.25, 0.3) is 6.08 Å². The Labute approximate surface area is 149 Å². The van der Waals surface area contributed by atoms with Crippen LogP contribution in [0.3, 0.4) is 0 Å². The molecule has 22 heavy (non-hydrogen) atoms. The zero-order chi connectivity index (χ0) is 15.7. The van der Waals surface area contributed by atoms with Gasteiger partial charge in [-0.15, -0.1) is 0 Å². The number of fused-ring (bicyclic) bond motifs is 1. The van der Waals surface area contributed by atoms with Crippen molar-refractivity contribution >= 4 is 50.4 Å². The minimum atomic E-state index is -0.269. The molecule has 1 heterocycles. The minimum Gasteiger partial charge on any atom is -0.506 e. The van der Waals surface area contributed by atoms with Gasteiger partial charge in [-0.1, -0.05) is 28.1 Å². The van der Waals surface area contributed by atoms with Gasteiger partial charge in [-0.25, -0.2) is 0 Å². The average molecular weight is 473 g/mol. The van der Waals surface area contributed by atoms with Crippen LogP contribution in [0.1, 0.15) is 15.9 Å². The zero-order valence-electron chi connectivity index (χ0n) is 11.2. The number of halogens is 2. The Morgan fingerprint density at radius 2 is 2.00 bits per heavy atom. The van der Waals surface area contributed by atoms with Crippen molar-refractivity contribution in [2.24, 2.45) is 0 Å². The third kappa shape index (κ3) is 3.12. The highest BCUT2D eigenvalue weighted by Crippen LogP contribution is 2.33. The van der Waals surface area contributed by atoms with Crippen LogP contribution in [0, 0.1) is 3.57 Å². The number of hydrogen-bond acceptors (Lipinski definition) is 4. The summed E-state index contributed by atoms with van der Waals surface area (Å²) in [6.07, 6.45) is 3.10. The maximum absolute atomic E-state index is 12.3. The molecule has 0 fully saturated rings. The Balaban J connectivity index is 1.85. The van der Waals surface area contributed by atoms with Crippen molar-refractivity contribution in [1.29, 1.82) is 0 Å². The van der Waals surface area contributed by atoms with Gasteiger partial charge >= 0.3 is 0 Å². The van der Waals surface area contributed by atoms with E-state index in [-0.39, 0.29) is 23.9 Å². The number of hydrogen-bond donors (Lipinski definition) is 1. The fourth-order valence-electron chi connectivity index (χ4n) is 2.03. The van der Waals surface area contributed by atoms with Crippen LogP contribution in [-0.4, -0.2) is 17.7 Å². The Bertz CT molecular complexity index is 786. The lowest BCUT2D eigenvalue weighted by atomic mass is 10.1. The first-order valence-corrected chi connectivity index (χ1v) is 8.22. The van der Waals surface area contributed by atoms with E-state index in [9.17, 15) is 9.90 Å². The predicted octanol–water partition coefficient (Wildman–Crippen LogP) is 4.38. The fourth-order valence-corrected chi connectivity index (χ4v) is 3.54. The molecule has 2 aromatic carbocycles. The molecule has 0 saturated carbocycles. The summed E-state index contributed by atoms with van der Waals surface area (Å²) in [5.41, 5.74) is 1.08. The summed E-state index contributed by atoms with van der Waals surface area (Å²) in [7, 11) is 0. The van der Waals surface area contributed by atoms with Gasteiger partial charge in [-0.3, -0.25) is 4.79 Å². The molecule has 1 aliphatic heterocycles. The molecule has 0 aliphatic carbocycles. The van der Waals surface area contributed by atoms with Crippen LogP contribution >= 0.6 is 38.5 Å². The van der Waals surface area contributed by atoms with Gasteiger partial charge < -0.3 is 14.6 Å². The summed E-state index contributed by atoms with van der Waals surface area (Å²) in [5, 5.41) is 10.00. The molecule has 0 unspecified atom stereocenters. The van der Waals surface area contributed by atoms with E-state index in [1.54, 1.807) is 30.3 Å². The molecule has 6 heteroatoms. The van der Waals surface area contributed by atoms with E-state index in [2.05, 4.69) is 15.9 Å². The molecule has 1 aliphatic rings. The molecular weight excluding hydrogens is 463 g/mol. The lowest BCUT2D eigenvalue weighted by Crippen LogP contribution is -1.96. The first-order valence-electron chi connectivity index (χ1n) is 6.34. The van der Waals surface area contributed by atoms with E-state index < -0.39 is 0 Å². The first-order chi connectivity index (χ1) is 10.5. The zero-order valence-corrected chi connectivity index (χ0v) is 14.9. The number of carbonyl (C=O) groups excluding carboxylic acids is 1. The number of ketones is 1. The molecule has 0 bridgehead atoms. The van der Waals surface area contributed by atoms with E-state index in [4.69, 9.17) is 9.47 Å². The standard InChI is InChI=1S/C16H10BrIO4/c17-10-6-11(16(20)12(18)7-10)13(19)3-1-9-2-4-14-15(5-9)22-8-21-14/h1-7,20H,8H2/b3-1+. The number of rotatable bonds is 3. The van der Waals surface area contributed by atoms with E-state index in [0.29, 0.717) is 15.1 Å². The summed E-state index contributed by atoms with van der Waals surface area (Å²) in [6, 6.07) is 8.78. The van der Waals surface area contributed by atoms with Crippen molar-refractivity contribution in [2.45, 2.75) is 0 Å². The van der Waals surface area contributed by atoms with Crippen LogP contribution < -0.4 is 9.47 Å². The van der Waals surface area contributed by atoms with Gasteiger partial charge in [-0.05, 0) is 58.5 Å². The van der Waals surface area contributed by atoms with Gasteiger partial charge in [0.15, 0.2) is 17.3 Å². The van der Waals surface area contributed by atoms with Crippen LogP contribution in [-0.2, 0) is 0 Å². The fraction of sp³-hybridized carbons (Fsp3) is 0.0625. The number of carbonyl (C=O) groups is 1. The van der Waals surface area contributed by atoms with Crippen LogP contribution in [0.4, 0.5) is 0 Å². The number of benzene rings is 2. The van der Waals surface area contributed by atoms with Crippen molar-refractivity contribution in [3.05, 3.63) is 55.6 Å².